The molecule has 1 aromatic heterocycles. The van der Waals surface area contributed by atoms with E-state index >= 15 is 0 Å². The Labute approximate surface area is 114 Å². The number of hydrogen-bond donors (Lipinski definition) is 0. The Morgan fingerprint density at radius 2 is 1.65 bits per heavy atom. The second-order valence-electron chi connectivity index (χ2n) is 4.72. The summed E-state index contributed by atoms with van der Waals surface area (Å²) >= 11 is 0. The summed E-state index contributed by atoms with van der Waals surface area (Å²) in [5.41, 5.74) is 2.06. The van der Waals surface area contributed by atoms with Crippen LogP contribution in [0.5, 0.6) is 0 Å². The van der Waals surface area contributed by atoms with Crippen LogP contribution in [0.3, 0.4) is 0 Å². The summed E-state index contributed by atoms with van der Waals surface area (Å²) < 4.78 is 39.4. The molecule has 2 rings (SSSR count). The number of Topliss-reactive ketones (excluding diaryl/α,β-unsaturated/α-hetero) is 1. The highest BCUT2D eigenvalue weighted by molar-refractivity contribution is 5.95. The molecule has 5 heteroatoms. The van der Waals surface area contributed by atoms with E-state index in [1.165, 1.54) is 19.1 Å². The molecule has 0 saturated carbocycles. The van der Waals surface area contributed by atoms with Crippen LogP contribution in [0, 0.1) is 13.8 Å². The summed E-state index contributed by atoms with van der Waals surface area (Å²) in [7, 11) is 0. The second-order valence-corrected chi connectivity index (χ2v) is 4.72. The van der Waals surface area contributed by atoms with Crippen molar-refractivity contribution in [3.63, 3.8) is 0 Å². The van der Waals surface area contributed by atoms with Crippen molar-refractivity contribution in [2.24, 2.45) is 0 Å². The smallest absolute Gasteiger partial charge is 0.318 e. The molecule has 106 valence electrons. The molecule has 0 fully saturated rings. The Hall–Kier alpha value is -2.04. The van der Waals surface area contributed by atoms with Gasteiger partial charge >= 0.3 is 6.18 Å². The molecule has 0 radical (unpaired) electrons. The third-order valence-corrected chi connectivity index (χ3v) is 3.26. The summed E-state index contributed by atoms with van der Waals surface area (Å²) in [5, 5.41) is 0. The Bertz CT molecular complexity index is 651. The predicted octanol–water partition coefficient (Wildman–Crippen LogP) is 4.32. The molecule has 0 aliphatic heterocycles. The molecule has 2 aromatic rings. The van der Waals surface area contributed by atoms with Crippen molar-refractivity contribution in [2.75, 3.05) is 0 Å². The zero-order valence-electron chi connectivity index (χ0n) is 11.4. The van der Waals surface area contributed by atoms with Gasteiger partial charge in [0.2, 0.25) is 0 Å². The molecular weight excluding hydrogens is 267 g/mol. The highest BCUT2D eigenvalue weighted by Crippen LogP contribution is 2.30. The largest absolute Gasteiger partial charge is 0.416 e. The van der Waals surface area contributed by atoms with Crippen molar-refractivity contribution in [2.45, 2.75) is 26.9 Å². The van der Waals surface area contributed by atoms with Crippen LogP contribution in [0.2, 0.25) is 0 Å². The molecule has 0 atom stereocenters. The molecule has 0 spiro atoms. The van der Waals surface area contributed by atoms with Gasteiger partial charge in [-0.05, 0) is 51.1 Å². The fourth-order valence-corrected chi connectivity index (χ4v) is 2.32. The molecule has 0 saturated heterocycles. The molecule has 0 unspecified atom stereocenters. The number of rotatable bonds is 2. The molecule has 0 bridgehead atoms. The van der Waals surface area contributed by atoms with E-state index in [-0.39, 0.29) is 5.78 Å². The van der Waals surface area contributed by atoms with Crippen LogP contribution in [0.15, 0.2) is 30.3 Å². The number of aryl methyl sites for hydroxylation is 1. The molecule has 0 aliphatic rings. The monoisotopic (exact) mass is 281 g/mol. The van der Waals surface area contributed by atoms with E-state index in [1.807, 2.05) is 6.92 Å². The van der Waals surface area contributed by atoms with Crippen LogP contribution in [0.4, 0.5) is 13.2 Å². The van der Waals surface area contributed by atoms with E-state index in [2.05, 4.69) is 0 Å². The number of carbonyl (C=O) groups is 1. The maximum Gasteiger partial charge on any atom is 0.416 e. The van der Waals surface area contributed by atoms with Gasteiger partial charge in [-0.2, -0.15) is 13.2 Å². The zero-order chi connectivity index (χ0) is 15.1. The Morgan fingerprint density at radius 3 is 2.05 bits per heavy atom. The summed E-state index contributed by atoms with van der Waals surface area (Å²) in [6.45, 7) is 5.07. The zero-order valence-corrected chi connectivity index (χ0v) is 11.4. The number of aromatic nitrogens is 1. The van der Waals surface area contributed by atoms with Gasteiger partial charge in [0, 0.05) is 22.6 Å². The van der Waals surface area contributed by atoms with E-state index in [0.29, 0.717) is 11.3 Å². The number of ketones is 1. The molecular formula is C15H14F3NO. The van der Waals surface area contributed by atoms with Crippen molar-refractivity contribution >= 4 is 5.78 Å². The van der Waals surface area contributed by atoms with Gasteiger partial charge in [0.25, 0.3) is 0 Å². The number of halogens is 3. The Balaban J connectivity index is 2.50. The first-order valence-corrected chi connectivity index (χ1v) is 6.09. The standard InChI is InChI=1S/C15H14F3NO/c1-9-8-14(11(3)20)10(2)19(9)13-6-4-12(5-7-13)15(16,17)18/h4-8H,1-3H3. The minimum absolute atomic E-state index is 0.0590. The fraction of sp³-hybridized carbons (Fsp3) is 0.267. The Kier molecular flexibility index (Phi) is 3.46. The minimum Gasteiger partial charge on any atom is -0.318 e. The van der Waals surface area contributed by atoms with Crippen molar-refractivity contribution < 1.29 is 18.0 Å². The lowest BCUT2D eigenvalue weighted by Gasteiger charge is -2.12. The molecule has 0 aliphatic carbocycles. The van der Waals surface area contributed by atoms with Crippen LogP contribution in [-0.4, -0.2) is 10.4 Å². The van der Waals surface area contributed by atoms with Crippen molar-refractivity contribution in [3.8, 4) is 5.69 Å². The number of alkyl halides is 3. The van der Waals surface area contributed by atoms with E-state index in [4.69, 9.17) is 0 Å². The molecule has 20 heavy (non-hydrogen) atoms. The van der Waals surface area contributed by atoms with E-state index in [9.17, 15) is 18.0 Å². The van der Waals surface area contributed by atoms with Gasteiger partial charge in [0.15, 0.2) is 5.78 Å². The van der Waals surface area contributed by atoms with Crippen LogP contribution >= 0.6 is 0 Å². The van der Waals surface area contributed by atoms with Gasteiger partial charge < -0.3 is 4.57 Å². The average Bonchev–Trinajstić information content (AvgIpc) is 2.64. The number of benzene rings is 1. The molecule has 1 aromatic carbocycles. The second kappa shape index (κ2) is 4.81. The maximum absolute atomic E-state index is 12.5. The first kappa shape index (κ1) is 14.4. The maximum atomic E-state index is 12.5. The lowest BCUT2D eigenvalue weighted by atomic mass is 10.2. The van der Waals surface area contributed by atoms with Crippen LogP contribution in [0.1, 0.15) is 34.2 Å². The summed E-state index contributed by atoms with van der Waals surface area (Å²) in [4.78, 5) is 11.5. The number of hydrogen-bond acceptors (Lipinski definition) is 1. The lowest BCUT2D eigenvalue weighted by Crippen LogP contribution is -2.06. The number of carbonyl (C=O) groups excluding carboxylic acids is 1. The number of nitrogens with zero attached hydrogens (tertiary/aromatic N) is 1. The van der Waals surface area contributed by atoms with Gasteiger partial charge in [-0.1, -0.05) is 0 Å². The van der Waals surface area contributed by atoms with Crippen LogP contribution in [-0.2, 0) is 6.18 Å². The lowest BCUT2D eigenvalue weighted by molar-refractivity contribution is -0.137. The van der Waals surface area contributed by atoms with Crippen LogP contribution < -0.4 is 0 Å². The van der Waals surface area contributed by atoms with Gasteiger partial charge in [-0.3, -0.25) is 4.79 Å². The topological polar surface area (TPSA) is 22.0 Å². The third-order valence-electron chi connectivity index (χ3n) is 3.26. The highest BCUT2D eigenvalue weighted by Gasteiger charge is 2.30. The SMILES string of the molecule is CC(=O)c1cc(C)n(-c2ccc(C(F)(F)F)cc2)c1C. The Morgan fingerprint density at radius 1 is 1.10 bits per heavy atom. The van der Waals surface area contributed by atoms with Gasteiger partial charge in [0.1, 0.15) is 0 Å². The summed E-state index contributed by atoms with van der Waals surface area (Å²) in [6, 6.07) is 6.65. The van der Waals surface area contributed by atoms with E-state index in [0.717, 1.165) is 23.5 Å². The first-order valence-electron chi connectivity index (χ1n) is 6.09. The van der Waals surface area contributed by atoms with Gasteiger partial charge in [-0.25, -0.2) is 0 Å². The molecule has 1 heterocycles. The third kappa shape index (κ3) is 2.48. The van der Waals surface area contributed by atoms with E-state index < -0.39 is 11.7 Å². The van der Waals surface area contributed by atoms with Crippen LogP contribution in [0.25, 0.3) is 5.69 Å². The van der Waals surface area contributed by atoms with Gasteiger partial charge in [0.05, 0.1) is 5.56 Å². The molecule has 0 amide bonds. The average molecular weight is 281 g/mol. The predicted molar refractivity (Wildman–Crippen MR) is 70.2 cm³/mol. The van der Waals surface area contributed by atoms with Crippen molar-refractivity contribution in [1.29, 1.82) is 0 Å². The molecule has 0 N–H and O–H groups in total. The van der Waals surface area contributed by atoms with Crippen molar-refractivity contribution in [3.05, 3.63) is 52.8 Å². The van der Waals surface area contributed by atoms with Gasteiger partial charge in [-0.15, -0.1) is 0 Å². The highest BCUT2D eigenvalue weighted by atomic mass is 19.4. The fourth-order valence-electron chi connectivity index (χ4n) is 2.32. The normalized spacial score (nSPS) is 11.7. The van der Waals surface area contributed by atoms with E-state index in [1.54, 1.807) is 17.6 Å². The quantitative estimate of drug-likeness (QED) is 0.752. The summed E-state index contributed by atoms with van der Waals surface area (Å²) in [5.74, 6) is -0.0590. The molecule has 2 nitrogen and oxygen atoms in total. The minimum atomic E-state index is -4.34. The summed E-state index contributed by atoms with van der Waals surface area (Å²) in [6.07, 6.45) is -4.34. The van der Waals surface area contributed by atoms with Crippen molar-refractivity contribution in [1.82, 2.24) is 4.57 Å². The first-order chi connectivity index (χ1) is 9.21.